The van der Waals surface area contributed by atoms with Gasteiger partial charge in [0, 0.05) is 42.8 Å². The van der Waals surface area contributed by atoms with E-state index in [-0.39, 0.29) is 0 Å². The van der Waals surface area contributed by atoms with Crippen LogP contribution in [0, 0.1) is 0 Å². The summed E-state index contributed by atoms with van der Waals surface area (Å²) >= 11 is 3.97. The molecule has 0 radical (unpaired) electrons. The average molecular weight is 346 g/mol. The second kappa shape index (κ2) is 9.28. The molecule has 1 saturated heterocycles. The van der Waals surface area contributed by atoms with E-state index in [1.807, 2.05) is 30.6 Å². The van der Waals surface area contributed by atoms with Crippen molar-refractivity contribution in [3.8, 4) is 0 Å². The van der Waals surface area contributed by atoms with E-state index in [1.165, 1.54) is 25.7 Å². The maximum absolute atomic E-state index is 5.52. The minimum absolute atomic E-state index is 0.296. The van der Waals surface area contributed by atoms with E-state index < -0.39 is 0 Å². The van der Waals surface area contributed by atoms with Crippen molar-refractivity contribution in [2.24, 2.45) is 4.99 Å². The average Bonchev–Trinajstić information content (AvgIpc) is 2.59. The number of guanidine groups is 1. The Morgan fingerprint density at radius 3 is 2.68 bits per heavy atom. The molecule has 0 amide bonds. The van der Waals surface area contributed by atoms with Gasteiger partial charge in [0.15, 0.2) is 5.96 Å². The topological polar surface area (TPSA) is 45.7 Å². The van der Waals surface area contributed by atoms with Crippen molar-refractivity contribution in [2.75, 3.05) is 39.3 Å². The van der Waals surface area contributed by atoms with Crippen molar-refractivity contribution in [1.82, 2.24) is 10.6 Å². The summed E-state index contributed by atoms with van der Waals surface area (Å²) in [5.74, 6) is 0.965. The number of aliphatic imine (C=N–C) groups is 1. The first kappa shape index (κ1) is 18.3. The van der Waals surface area contributed by atoms with Gasteiger partial charge in [0.05, 0.1) is 0 Å². The highest BCUT2D eigenvalue weighted by molar-refractivity contribution is 8.00. The lowest BCUT2D eigenvalue weighted by Gasteiger charge is -2.36. The van der Waals surface area contributed by atoms with Crippen LogP contribution in [0.15, 0.2) is 4.99 Å². The molecule has 0 aromatic heterocycles. The van der Waals surface area contributed by atoms with Crippen LogP contribution in [0.3, 0.4) is 0 Å². The number of nitrogens with one attached hydrogen (secondary N) is 2. The Morgan fingerprint density at radius 2 is 2.05 bits per heavy atom. The van der Waals surface area contributed by atoms with Gasteiger partial charge in [-0.1, -0.05) is 6.42 Å². The Balaban J connectivity index is 1.81. The van der Waals surface area contributed by atoms with Crippen molar-refractivity contribution >= 4 is 29.5 Å². The molecule has 2 fully saturated rings. The van der Waals surface area contributed by atoms with E-state index in [0.717, 1.165) is 43.8 Å². The highest BCUT2D eigenvalue weighted by atomic mass is 32.2. The molecule has 0 aromatic carbocycles. The predicted octanol–water partition coefficient (Wildman–Crippen LogP) is 2.74. The van der Waals surface area contributed by atoms with Gasteiger partial charge in [-0.3, -0.25) is 4.99 Å². The second-order valence-electron chi connectivity index (χ2n) is 6.29. The zero-order valence-electron chi connectivity index (χ0n) is 14.2. The molecule has 2 aliphatic rings. The number of nitrogens with zero attached hydrogens (tertiary/aromatic N) is 1. The summed E-state index contributed by atoms with van der Waals surface area (Å²) in [6.07, 6.45) is 11.9. The number of hydrogen-bond donors (Lipinski definition) is 2. The lowest BCUT2D eigenvalue weighted by atomic mass is 9.95. The van der Waals surface area contributed by atoms with Crippen molar-refractivity contribution in [3.63, 3.8) is 0 Å². The molecular weight excluding hydrogens is 314 g/mol. The Morgan fingerprint density at radius 1 is 1.27 bits per heavy atom. The van der Waals surface area contributed by atoms with Crippen LogP contribution in [0.5, 0.6) is 0 Å². The summed E-state index contributed by atoms with van der Waals surface area (Å²) < 4.78 is 5.81. The molecule has 0 spiro atoms. The van der Waals surface area contributed by atoms with Gasteiger partial charge in [-0.15, -0.1) is 0 Å². The molecule has 2 rings (SSSR count). The SMILES string of the molecule is CN=C(NCC1(SC)CCOCC1)NC1CCCC(SC)C1. The first-order valence-electron chi connectivity index (χ1n) is 8.34. The summed E-state index contributed by atoms with van der Waals surface area (Å²) in [5, 5.41) is 8.01. The molecule has 1 saturated carbocycles. The second-order valence-corrected chi connectivity index (χ2v) is 8.70. The molecule has 2 atom stereocenters. The molecule has 0 aromatic rings. The van der Waals surface area contributed by atoms with Gasteiger partial charge in [-0.2, -0.15) is 23.5 Å². The molecule has 1 aliphatic carbocycles. The van der Waals surface area contributed by atoms with Gasteiger partial charge in [0.25, 0.3) is 0 Å². The Hall–Kier alpha value is -0.0700. The number of rotatable bonds is 5. The van der Waals surface area contributed by atoms with Crippen molar-refractivity contribution in [3.05, 3.63) is 0 Å². The van der Waals surface area contributed by atoms with Gasteiger partial charge < -0.3 is 15.4 Å². The van der Waals surface area contributed by atoms with Crippen LogP contribution in [-0.2, 0) is 4.74 Å². The predicted molar refractivity (Wildman–Crippen MR) is 100 cm³/mol. The van der Waals surface area contributed by atoms with Gasteiger partial charge >= 0.3 is 0 Å². The van der Waals surface area contributed by atoms with E-state index in [9.17, 15) is 0 Å². The maximum Gasteiger partial charge on any atom is 0.191 e. The van der Waals surface area contributed by atoms with E-state index in [1.54, 1.807) is 0 Å². The fourth-order valence-corrected chi connectivity index (χ4v) is 4.94. The monoisotopic (exact) mass is 345 g/mol. The molecule has 22 heavy (non-hydrogen) atoms. The zero-order valence-corrected chi connectivity index (χ0v) is 15.8. The molecule has 1 aliphatic heterocycles. The van der Waals surface area contributed by atoms with E-state index in [4.69, 9.17) is 4.74 Å². The van der Waals surface area contributed by atoms with Gasteiger partial charge in [-0.05, 0) is 44.6 Å². The summed E-state index contributed by atoms with van der Waals surface area (Å²) in [6, 6.07) is 0.567. The first-order chi connectivity index (χ1) is 10.7. The third-order valence-electron chi connectivity index (χ3n) is 4.94. The highest BCUT2D eigenvalue weighted by Crippen LogP contribution is 2.33. The van der Waals surface area contributed by atoms with Gasteiger partial charge in [0.2, 0.25) is 0 Å². The number of thioether (sulfide) groups is 2. The highest BCUT2D eigenvalue weighted by Gasteiger charge is 2.32. The number of ether oxygens (including phenoxy) is 1. The van der Waals surface area contributed by atoms with Crippen molar-refractivity contribution in [2.45, 2.75) is 54.6 Å². The summed E-state index contributed by atoms with van der Waals surface area (Å²) in [7, 11) is 1.87. The summed E-state index contributed by atoms with van der Waals surface area (Å²) in [4.78, 5) is 4.43. The lowest BCUT2D eigenvalue weighted by molar-refractivity contribution is 0.0782. The van der Waals surface area contributed by atoms with Crippen LogP contribution < -0.4 is 10.6 Å². The quantitative estimate of drug-likeness (QED) is 0.592. The molecule has 0 bridgehead atoms. The van der Waals surface area contributed by atoms with Crippen LogP contribution in [0.2, 0.25) is 0 Å². The standard InChI is InChI=1S/C16H31N3OS2/c1-17-15(19-13-5-4-6-14(11-13)21-2)18-12-16(22-3)7-9-20-10-8-16/h13-14H,4-12H2,1-3H3,(H2,17,18,19). The minimum Gasteiger partial charge on any atom is -0.381 e. The van der Waals surface area contributed by atoms with E-state index in [0.29, 0.717) is 10.8 Å². The first-order valence-corrected chi connectivity index (χ1v) is 10.9. The fourth-order valence-electron chi connectivity index (χ4n) is 3.32. The van der Waals surface area contributed by atoms with Crippen LogP contribution in [-0.4, -0.2) is 61.3 Å². The lowest BCUT2D eigenvalue weighted by Crippen LogP contribution is -2.51. The Bertz CT molecular complexity index is 359. The fraction of sp³-hybridized carbons (Fsp3) is 0.938. The molecule has 1 heterocycles. The third-order valence-corrected chi connectivity index (χ3v) is 7.45. The normalized spacial score (nSPS) is 29.1. The van der Waals surface area contributed by atoms with Crippen LogP contribution in [0.1, 0.15) is 38.5 Å². The van der Waals surface area contributed by atoms with E-state index >= 15 is 0 Å². The summed E-state index contributed by atoms with van der Waals surface area (Å²) in [6.45, 7) is 2.73. The van der Waals surface area contributed by atoms with Gasteiger partial charge in [0.1, 0.15) is 0 Å². The Kier molecular flexibility index (Phi) is 7.71. The molecule has 4 nitrogen and oxygen atoms in total. The van der Waals surface area contributed by atoms with Crippen molar-refractivity contribution < 1.29 is 4.74 Å². The summed E-state index contributed by atoms with van der Waals surface area (Å²) in [5.41, 5.74) is 0. The number of hydrogen-bond acceptors (Lipinski definition) is 4. The Labute approximate surface area is 144 Å². The van der Waals surface area contributed by atoms with Crippen LogP contribution >= 0.6 is 23.5 Å². The molecule has 6 heteroatoms. The smallest absolute Gasteiger partial charge is 0.191 e. The van der Waals surface area contributed by atoms with Gasteiger partial charge in [-0.25, -0.2) is 0 Å². The van der Waals surface area contributed by atoms with E-state index in [2.05, 4.69) is 28.1 Å². The molecule has 128 valence electrons. The largest absolute Gasteiger partial charge is 0.381 e. The maximum atomic E-state index is 5.52. The molecular formula is C16H31N3OS2. The molecule has 2 N–H and O–H groups in total. The van der Waals surface area contributed by atoms with Crippen LogP contribution in [0.4, 0.5) is 0 Å². The zero-order chi connectivity index (χ0) is 15.8. The molecule has 2 unspecified atom stereocenters. The van der Waals surface area contributed by atoms with Crippen molar-refractivity contribution in [1.29, 1.82) is 0 Å². The third kappa shape index (κ3) is 5.24. The minimum atomic E-state index is 0.296. The van der Waals surface area contributed by atoms with Crippen LogP contribution in [0.25, 0.3) is 0 Å².